The van der Waals surface area contributed by atoms with Crippen molar-refractivity contribution in [1.82, 2.24) is 0 Å². The smallest absolute Gasteiger partial charge is 0.260 e. The Balaban J connectivity index is 2.31. The van der Waals surface area contributed by atoms with E-state index in [9.17, 15) is 9.18 Å². The molecule has 0 radical (unpaired) electrons. The van der Waals surface area contributed by atoms with Crippen LogP contribution in [-0.4, -0.2) is 19.0 Å². The van der Waals surface area contributed by atoms with Crippen molar-refractivity contribution in [3.63, 3.8) is 0 Å². The minimum atomic E-state index is -0.360. The van der Waals surface area contributed by atoms with Crippen molar-refractivity contribution in [2.75, 3.05) is 17.3 Å². The van der Waals surface area contributed by atoms with Crippen LogP contribution in [0.5, 0.6) is 0 Å². The number of nitrogens with one attached hydrogen (secondary N) is 1. The van der Waals surface area contributed by atoms with Crippen molar-refractivity contribution in [2.45, 2.75) is 19.9 Å². The van der Waals surface area contributed by atoms with Gasteiger partial charge in [0.2, 0.25) is 0 Å². The monoisotopic (exact) mass is 286 g/mol. The first-order chi connectivity index (χ1) is 9.99. The lowest BCUT2D eigenvalue weighted by atomic mass is 10.1. The number of anilines is 2. The molecule has 0 heterocycles. The molecule has 0 aliphatic rings. The van der Waals surface area contributed by atoms with Gasteiger partial charge in [0.25, 0.3) is 5.91 Å². The third-order valence-electron chi connectivity index (χ3n) is 3.10. The molecule has 110 valence electrons. The molecule has 21 heavy (non-hydrogen) atoms. The normalized spacial score (nSPS) is 10.5. The van der Waals surface area contributed by atoms with Crippen LogP contribution in [-0.2, 0) is 0 Å². The molecule has 0 fully saturated rings. The van der Waals surface area contributed by atoms with Crippen molar-refractivity contribution in [1.29, 1.82) is 0 Å². The summed E-state index contributed by atoms with van der Waals surface area (Å²) in [6, 6.07) is 13.6. The molecule has 0 bridgehead atoms. The van der Waals surface area contributed by atoms with Crippen LogP contribution in [0.25, 0.3) is 0 Å². The number of benzene rings is 2. The van der Waals surface area contributed by atoms with Crippen LogP contribution in [0.4, 0.5) is 15.8 Å². The minimum absolute atomic E-state index is 0.177. The number of carbonyl (C=O) groups excluding carboxylic acids is 1. The fraction of sp³-hybridized carbons (Fsp3) is 0.235. The highest BCUT2D eigenvalue weighted by molar-refractivity contribution is 6.09. The molecule has 0 aromatic heterocycles. The van der Waals surface area contributed by atoms with Gasteiger partial charge in [-0.15, -0.1) is 0 Å². The molecule has 0 spiro atoms. The van der Waals surface area contributed by atoms with Crippen molar-refractivity contribution in [2.24, 2.45) is 0 Å². The first-order valence-corrected chi connectivity index (χ1v) is 6.88. The highest BCUT2D eigenvalue weighted by atomic mass is 19.1. The maximum Gasteiger partial charge on any atom is 0.260 e. The Kier molecular flexibility index (Phi) is 4.58. The Bertz CT molecular complexity index is 640. The second kappa shape index (κ2) is 6.39. The van der Waals surface area contributed by atoms with E-state index in [2.05, 4.69) is 5.32 Å². The van der Waals surface area contributed by atoms with Crippen LogP contribution in [0, 0.1) is 5.82 Å². The molecule has 2 aromatic carbocycles. The van der Waals surface area contributed by atoms with Crippen LogP contribution in [0.15, 0.2) is 48.5 Å². The van der Waals surface area contributed by atoms with E-state index in [4.69, 9.17) is 0 Å². The molecule has 4 heteroatoms. The van der Waals surface area contributed by atoms with E-state index in [0.717, 1.165) is 5.69 Å². The molecule has 0 saturated carbocycles. The van der Waals surface area contributed by atoms with Gasteiger partial charge in [0.05, 0.1) is 5.56 Å². The third-order valence-corrected chi connectivity index (χ3v) is 3.10. The number of halogens is 1. The van der Waals surface area contributed by atoms with Gasteiger partial charge in [-0.25, -0.2) is 4.39 Å². The number of carbonyl (C=O) groups is 1. The Morgan fingerprint density at radius 2 is 1.86 bits per heavy atom. The van der Waals surface area contributed by atoms with E-state index in [1.54, 1.807) is 25.2 Å². The average Bonchev–Trinajstić information content (AvgIpc) is 2.46. The molecule has 1 N–H and O–H groups in total. The van der Waals surface area contributed by atoms with Crippen LogP contribution in [0.1, 0.15) is 24.2 Å². The predicted octanol–water partition coefficient (Wildman–Crippen LogP) is 3.92. The van der Waals surface area contributed by atoms with Crippen LogP contribution in [0.2, 0.25) is 0 Å². The van der Waals surface area contributed by atoms with Crippen LogP contribution < -0.4 is 10.2 Å². The molecule has 0 saturated heterocycles. The Hall–Kier alpha value is -2.36. The molecular formula is C17H19FN2O. The van der Waals surface area contributed by atoms with Gasteiger partial charge in [0.1, 0.15) is 5.82 Å². The molecule has 1 amide bonds. The molecule has 0 aliphatic carbocycles. The fourth-order valence-electron chi connectivity index (χ4n) is 2.09. The van der Waals surface area contributed by atoms with E-state index >= 15 is 0 Å². The number of hydrogen-bond donors (Lipinski definition) is 1. The van der Waals surface area contributed by atoms with Gasteiger partial charge in [-0.3, -0.25) is 4.79 Å². The minimum Gasteiger partial charge on any atom is -0.382 e. The molecule has 0 unspecified atom stereocenters. The zero-order valence-electron chi connectivity index (χ0n) is 12.4. The van der Waals surface area contributed by atoms with Crippen LogP contribution >= 0.6 is 0 Å². The van der Waals surface area contributed by atoms with Crippen molar-refractivity contribution >= 4 is 17.3 Å². The molecular weight excluding hydrogens is 267 g/mol. The second-order valence-corrected chi connectivity index (χ2v) is 5.19. The van der Waals surface area contributed by atoms with E-state index in [1.807, 2.05) is 32.0 Å². The van der Waals surface area contributed by atoms with Gasteiger partial charge in [-0.05, 0) is 44.2 Å². The first kappa shape index (κ1) is 15.0. The summed E-state index contributed by atoms with van der Waals surface area (Å²) in [5, 5.41) is 3.25. The van der Waals surface area contributed by atoms with Gasteiger partial charge in [0, 0.05) is 24.5 Å². The Morgan fingerprint density at radius 3 is 2.52 bits per heavy atom. The average molecular weight is 286 g/mol. The summed E-state index contributed by atoms with van der Waals surface area (Å²) in [5.41, 5.74) is 1.87. The van der Waals surface area contributed by atoms with Gasteiger partial charge in [-0.1, -0.05) is 18.2 Å². The van der Waals surface area contributed by atoms with E-state index in [-0.39, 0.29) is 17.8 Å². The van der Waals surface area contributed by atoms with Crippen molar-refractivity contribution in [3.8, 4) is 0 Å². The second-order valence-electron chi connectivity index (χ2n) is 5.19. The largest absolute Gasteiger partial charge is 0.382 e. The maximum atomic E-state index is 13.3. The van der Waals surface area contributed by atoms with E-state index in [1.165, 1.54) is 17.0 Å². The number of hydrogen-bond acceptors (Lipinski definition) is 2. The highest BCUT2D eigenvalue weighted by Gasteiger charge is 2.17. The van der Waals surface area contributed by atoms with E-state index < -0.39 is 0 Å². The van der Waals surface area contributed by atoms with Gasteiger partial charge >= 0.3 is 0 Å². The lowest BCUT2D eigenvalue weighted by Crippen LogP contribution is -2.27. The predicted molar refractivity (Wildman–Crippen MR) is 84.3 cm³/mol. The fourth-order valence-corrected chi connectivity index (χ4v) is 2.09. The maximum absolute atomic E-state index is 13.3. The summed E-state index contributed by atoms with van der Waals surface area (Å²) >= 11 is 0. The molecule has 0 atom stereocenters. The highest BCUT2D eigenvalue weighted by Crippen LogP contribution is 2.21. The zero-order valence-corrected chi connectivity index (χ0v) is 12.4. The van der Waals surface area contributed by atoms with Gasteiger partial charge in [0.15, 0.2) is 0 Å². The first-order valence-electron chi connectivity index (χ1n) is 6.88. The van der Waals surface area contributed by atoms with Gasteiger partial charge in [-0.2, -0.15) is 0 Å². The molecule has 2 rings (SSSR count). The quantitative estimate of drug-likeness (QED) is 0.923. The lowest BCUT2D eigenvalue weighted by Gasteiger charge is -2.20. The summed E-state index contributed by atoms with van der Waals surface area (Å²) in [5.74, 6) is -0.537. The zero-order chi connectivity index (χ0) is 15.4. The molecule has 3 nitrogen and oxygen atoms in total. The third kappa shape index (κ3) is 3.60. The summed E-state index contributed by atoms with van der Waals surface area (Å²) < 4.78 is 13.3. The summed E-state index contributed by atoms with van der Waals surface area (Å²) in [4.78, 5) is 14.1. The van der Waals surface area contributed by atoms with Crippen molar-refractivity contribution in [3.05, 3.63) is 59.9 Å². The number of rotatable bonds is 4. The summed E-state index contributed by atoms with van der Waals surface area (Å²) in [6.07, 6.45) is 0. The molecule has 0 aliphatic heterocycles. The lowest BCUT2D eigenvalue weighted by molar-refractivity contribution is 0.0993. The standard InChI is InChI=1S/C17H19FN2O/c1-12(2)19-16-10-5-4-9-15(16)17(21)20(3)14-8-6-7-13(18)11-14/h4-12,19H,1-3H3. The summed E-state index contributed by atoms with van der Waals surface area (Å²) in [6.45, 7) is 4.02. The number of amides is 1. The summed E-state index contributed by atoms with van der Waals surface area (Å²) in [7, 11) is 1.64. The number of para-hydroxylation sites is 1. The SMILES string of the molecule is CC(C)Nc1ccccc1C(=O)N(C)c1cccc(F)c1. The topological polar surface area (TPSA) is 32.3 Å². The van der Waals surface area contributed by atoms with Crippen LogP contribution in [0.3, 0.4) is 0 Å². The van der Waals surface area contributed by atoms with Gasteiger partial charge < -0.3 is 10.2 Å². The molecule has 2 aromatic rings. The van der Waals surface area contributed by atoms with Crippen molar-refractivity contribution < 1.29 is 9.18 Å². The Morgan fingerprint density at radius 1 is 1.14 bits per heavy atom. The van der Waals surface area contributed by atoms with E-state index in [0.29, 0.717) is 11.3 Å². The number of nitrogens with zero attached hydrogens (tertiary/aromatic N) is 1. The Labute approximate surface area is 124 Å².